The van der Waals surface area contributed by atoms with Crippen LogP contribution >= 0.6 is 0 Å². The molecule has 1 aromatic rings. The first-order chi connectivity index (χ1) is 10.0. The summed E-state index contributed by atoms with van der Waals surface area (Å²) >= 11 is 0. The third-order valence-corrected chi connectivity index (χ3v) is 4.33. The predicted molar refractivity (Wildman–Crippen MR) is 90.2 cm³/mol. The van der Waals surface area contributed by atoms with Gasteiger partial charge in [0.05, 0.1) is 0 Å². The van der Waals surface area contributed by atoms with Gasteiger partial charge >= 0.3 is 0 Å². The van der Waals surface area contributed by atoms with Crippen molar-refractivity contribution >= 4 is 0 Å². The van der Waals surface area contributed by atoms with Gasteiger partial charge in [-0.2, -0.15) is 0 Å². The molecule has 0 amide bonds. The Balaban J connectivity index is 3.11. The molecule has 1 rings (SSSR count). The van der Waals surface area contributed by atoms with Crippen LogP contribution in [0.5, 0.6) is 0 Å². The Kier molecular flexibility index (Phi) is 7.95. The topological polar surface area (TPSA) is 12.0 Å². The summed E-state index contributed by atoms with van der Waals surface area (Å²) in [4.78, 5) is 0. The van der Waals surface area contributed by atoms with E-state index >= 15 is 0 Å². The normalized spacial score (nSPS) is 14.2. The van der Waals surface area contributed by atoms with E-state index in [-0.39, 0.29) is 11.9 Å². The molecule has 21 heavy (non-hydrogen) atoms. The van der Waals surface area contributed by atoms with E-state index in [4.69, 9.17) is 0 Å². The van der Waals surface area contributed by atoms with Gasteiger partial charge in [-0.3, -0.25) is 0 Å². The molecule has 0 saturated carbocycles. The van der Waals surface area contributed by atoms with E-state index in [0.29, 0.717) is 5.92 Å². The number of unbranched alkanes of at least 4 members (excludes halogenated alkanes) is 1. The van der Waals surface area contributed by atoms with Crippen LogP contribution in [-0.2, 0) is 0 Å². The molecule has 0 fully saturated rings. The Morgan fingerprint density at radius 3 is 2.33 bits per heavy atom. The average Bonchev–Trinajstić information content (AvgIpc) is 2.43. The van der Waals surface area contributed by atoms with E-state index in [1.807, 2.05) is 13.8 Å². The van der Waals surface area contributed by atoms with Crippen molar-refractivity contribution in [2.45, 2.75) is 72.8 Å². The standard InChI is InChI=1S/C19H32FN/c1-6-9-10-16(8-3)19(21-11-7-2)18-15(5)12-14(4)13-17(18)20/h12-13,16,19,21H,6-11H2,1-5H3. The maximum absolute atomic E-state index is 14.6. The van der Waals surface area contributed by atoms with E-state index in [1.165, 1.54) is 19.3 Å². The van der Waals surface area contributed by atoms with Crippen LogP contribution in [0, 0.1) is 25.6 Å². The summed E-state index contributed by atoms with van der Waals surface area (Å²) < 4.78 is 14.6. The fourth-order valence-corrected chi connectivity index (χ4v) is 3.20. The number of rotatable bonds is 9. The monoisotopic (exact) mass is 293 g/mol. The summed E-state index contributed by atoms with van der Waals surface area (Å²) in [5.74, 6) is 0.462. The van der Waals surface area contributed by atoms with Gasteiger partial charge in [-0.05, 0) is 56.3 Å². The first-order valence-electron chi connectivity index (χ1n) is 8.55. The summed E-state index contributed by atoms with van der Waals surface area (Å²) in [5, 5.41) is 3.61. The molecule has 2 heteroatoms. The molecule has 0 radical (unpaired) electrons. The van der Waals surface area contributed by atoms with Crippen molar-refractivity contribution in [2.24, 2.45) is 5.92 Å². The molecule has 0 aliphatic carbocycles. The van der Waals surface area contributed by atoms with Crippen LogP contribution in [-0.4, -0.2) is 6.54 Å². The molecule has 1 nitrogen and oxygen atoms in total. The predicted octanol–water partition coefficient (Wildman–Crippen LogP) is 5.70. The van der Waals surface area contributed by atoms with E-state index in [1.54, 1.807) is 6.07 Å². The zero-order valence-electron chi connectivity index (χ0n) is 14.4. The lowest BCUT2D eigenvalue weighted by atomic mass is 9.84. The third-order valence-electron chi connectivity index (χ3n) is 4.33. The zero-order valence-corrected chi connectivity index (χ0v) is 14.4. The Labute approximate surface area is 130 Å². The molecular formula is C19H32FN. The van der Waals surface area contributed by atoms with Crippen LogP contribution in [0.25, 0.3) is 0 Å². The first-order valence-corrected chi connectivity index (χ1v) is 8.55. The van der Waals surface area contributed by atoms with Gasteiger partial charge in [-0.1, -0.05) is 46.1 Å². The lowest BCUT2D eigenvalue weighted by molar-refractivity contribution is 0.315. The smallest absolute Gasteiger partial charge is 0.128 e. The maximum Gasteiger partial charge on any atom is 0.128 e. The summed E-state index contributed by atoms with van der Waals surface area (Å²) in [6.07, 6.45) is 5.75. The minimum atomic E-state index is -0.0453. The molecule has 120 valence electrons. The van der Waals surface area contributed by atoms with Crippen LogP contribution in [0.3, 0.4) is 0 Å². The Bertz CT molecular complexity index is 405. The Morgan fingerprint density at radius 1 is 1.10 bits per heavy atom. The highest BCUT2D eigenvalue weighted by atomic mass is 19.1. The van der Waals surface area contributed by atoms with Crippen molar-refractivity contribution in [1.29, 1.82) is 0 Å². The molecule has 0 heterocycles. The van der Waals surface area contributed by atoms with E-state index in [0.717, 1.165) is 36.1 Å². The minimum Gasteiger partial charge on any atom is -0.310 e. The van der Waals surface area contributed by atoms with Crippen molar-refractivity contribution in [3.8, 4) is 0 Å². The van der Waals surface area contributed by atoms with Gasteiger partial charge in [0, 0.05) is 11.6 Å². The minimum absolute atomic E-state index is 0.0453. The van der Waals surface area contributed by atoms with Gasteiger partial charge in [0.15, 0.2) is 0 Å². The molecule has 0 aliphatic rings. The summed E-state index contributed by atoms with van der Waals surface area (Å²) in [6, 6.07) is 3.92. The number of halogens is 1. The fraction of sp³-hybridized carbons (Fsp3) is 0.684. The van der Waals surface area contributed by atoms with Crippen LogP contribution in [0.4, 0.5) is 4.39 Å². The number of aryl methyl sites for hydroxylation is 2. The molecule has 0 aliphatic heterocycles. The fourth-order valence-electron chi connectivity index (χ4n) is 3.20. The van der Waals surface area contributed by atoms with E-state index in [2.05, 4.69) is 32.2 Å². The molecule has 1 N–H and O–H groups in total. The van der Waals surface area contributed by atoms with Crippen molar-refractivity contribution in [3.63, 3.8) is 0 Å². The number of nitrogens with one attached hydrogen (secondary N) is 1. The summed E-state index contributed by atoms with van der Waals surface area (Å²) in [7, 11) is 0. The molecule has 0 spiro atoms. The van der Waals surface area contributed by atoms with Gasteiger partial charge in [-0.15, -0.1) is 0 Å². The second-order valence-electron chi connectivity index (χ2n) is 6.22. The van der Waals surface area contributed by atoms with Gasteiger partial charge < -0.3 is 5.32 Å². The van der Waals surface area contributed by atoms with Crippen LogP contribution in [0.1, 0.15) is 75.6 Å². The molecule has 0 aromatic heterocycles. The van der Waals surface area contributed by atoms with Crippen LogP contribution in [0.15, 0.2) is 12.1 Å². The first kappa shape index (κ1) is 18.2. The second kappa shape index (κ2) is 9.19. The van der Waals surface area contributed by atoms with Gasteiger partial charge in [0.2, 0.25) is 0 Å². The lowest BCUT2D eigenvalue weighted by Gasteiger charge is -2.29. The van der Waals surface area contributed by atoms with Gasteiger partial charge in [0.25, 0.3) is 0 Å². The van der Waals surface area contributed by atoms with Crippen molar-refractivity contribution in [2.75, 3.05) is 6.54 Å². The highest BCUT2D eigenvalue weighted by Crippen LogP contribution is 2.33. The molecular weight excluding hydrogens is 261 g/mol. The Morgan fingerprint density at radius 2 is 1.81 bits per heavy atom. The average molecular weight is 293 g/mol. The third kappa shape index (κ3) is 5.10. The maximum atomic E-state index is 14.6. The quantitative estimate of drug-likeness (QED) is 0.616. The summed E-state index contributed by atoms with van der Waals surface area (Å²) in [5.41, 5.74) is 2.97. The van der Waals surface area contributed by atoms with E-state index in [9.17, 15) is 4.39 Å². The van der Waals surface area contributed by atoms with Crippen molar-refractivity contribution < 1.29 is 4.39 Å². The van der Waals surface area contributed by atoms with Crippen molar-refractivity contribution in [1.82, 2.24) is 5.32 Å². The number of hydrogen-bond donors (Lipinski definition) is 1. The SMILES string of the molecule is CCCCC(CC)C(NCCC)c1c(C)cc(C)cc1F. The van der Waals surface area contributed by atoms with Gasteiger partial charge in [-0.25, -0.2) is 4.39 Å². The molecule has 2 unspecified atom stereocenters. The molecule has 0 saturated heterocycles. The Hall–Kier alpha value is -0.890. The molecule has 2 atom stereocenters. The largest absolute Gasteiger partial charge is 0.310 e. The number of hydrogen-bond acceptors (Lipinski definition) is 1. The van der Waals surface area contributed by atoms with Crippen LogP contribution in [0.2, 0.25) is 0 Å². The van der Waals surface area contributed by atoms with E-state index < -0.39 is 0 Å². The molecule has 0 bridgehead atoms. The zero-order chi connectivity index (χ0) is 15.8. The van der Waals surface area contributed by atoms with Crippen LogP contribution < -0.4 is 5.32 Å². The second-order valence-corrected chi connectivity index (χ2v) is 6.22. The molecule has 1 aromatic carbocycles. The lowest BCUT2D eigenvalue weighted by Crippen LogP contribution is -2.30. The van der Waals surface area contributed by atoms with Crippen molar-refractivity contribution in [3.05, 3.63) is 34.6 Å². The highest BCUT2D eigenvalue weighted by Gasteiger charge is 2.25. The van der Waals surface area contributed by atoms with Gasteiger partial charge in [0.1, 0.15) is 5.82 Å². The highest BCUT2D eigenvalue weighted by molar-refractivity contribution is 5.34. The summed E-state index contributed by atoms with van der Waals surface area (Å²) in [6.45, 7) is 11.6. The number of benzene rings is 1.